The van der Waals surface area contributed by atoms with Crippen LogP contribution in [0.3, 0.4) is 0 Å². The summed E-state index contributed by atoms with van der Waals surface area (Å²) in [5.74, 6) is 0.402. The highest BCUT2D eigenvalue weighted by Crippen LogP contribution is 2.32. The van der Waals surface area contributed by atoms with Gasteiger partial charge >= 0.3 is 0 Å². The van der Waals surface area contributed by atoms with E-state index in [1.54, 1.807) is 6.07 Å². The fourth-order valence-electron chi connectivity index (χ4n) is 4.72. The number of anilines is 1. The number of benzene rings is 2. The van der Waals surface area contributed by atoms with Crippen LogP contribution >= 0.6 is 11.6 Å². The van der Waals surface area contributed by atoms with Crippen LogP contribution in [-0.2, 0) is 9.53 Å². The summed E-state index contributed by atoms with van der Waals surface area (Å²) in [6.45, 7) is 6.85. The van der Waals surface area contributed by atoms with Crippen LogP contribution < -0.4 is 10.2 Å². The van der Waals surface area contributed by atoms with Gasteiger partial charge in [0.25, 0.3) is 0 Å². The molecule has 1 unspecified atom stereocenters. The number of carbonyl (C=O) groups is 1. The van der Waals surface area contributed by atoms with Crippen molar-refractivity contribution in [1.29, 1.82) is 0 Å². The van der Waals surface area contributed by atoms with Crippen LogP contribution in [0.5, 0.6) is 0 Å². The molecule has 0 spiro atoms. The molecule has 2 aliphatic heterocycles. The number of aromatic nitrogens is 2. The standard InChI is InChI=1S/C25H28ClFN4O2/c1-15-11-22-23(12-16(15)2)31(19-3-4-20(26)21(27)13-19)25(29-22)30-8-5-17(6-9-30)24(32)28-18-7-10-33-14-18/h3-4,11-13,17-18H,5-10,14H2,1-2H3,(H,28,32). The number of carbonyl (C=O) groups excluding carboxylic acids is 1. The fourth-order valence-corrected chi connectivity index (χ4v) is 4.84. The average molecular weight is 471 g/mol. The number of piperidine rings is 1. The van der Waals surface area contributed by atoms with Crippen LogP contribution in [0.2, 0.25) is 5.02 Å². The van der Waals surface area contributed by atoms with Crippen LogP contribution in [0, 0.1) is 25.6 Å². The first kappa shape index (κ1) is 22.2. The van der Waals surface area contributed by atoms with E-state index in [0.29, 0.717) is 32.0 Å². The first-order valence-corrected chi connectivity index (χ1v) is 11.9. The quantitative estimate of drug-likeness (QED) is 0.607. The molecule has 33 heavy (non-hydrogen) atoms. The molecule has 1 N–H and O–H groups in total. The third-order valence-electron chi connectivity index (χ3n) is 6.84. The Morgan fingerprint density at radius 3 is 2.61 bits per heavy atom. The van der Waals surface area contributed by atoms with E-state index in [2.05, 4.69) is 36.2 Å². The molecule has 3 aromatic rings. The van der Waals surface area contributed by atoms with Gasteiger partial charge in [-0.15, -0.1) is 0 Å². The van der Waals surface area contributed by atoms with Gasteiger partial charge in [-0.05, 0) is 74.6 Å². The minimum Gasteiger partial charge on any atom is -0.379 e. The molecule has 0 radical (unpaired) electrons. The predicted octanol–water partition coefficient (Wildman–Crippen LogP) is 4.56. The van der Waals surface area contributed by atoms with E-state index in [9.17, 15) is 9.18 Å². The minimum absolute atomic E-state index is 0.0165. The summed E-state index contributed by atoms with van der Waals surface area (Å²) in [4.78, 5) is 19.8. The number of hydrogen-bond donors (Lipinski definition) is 1. The van der Waals surface area contributed by atoms with Crippen molar-refractivity contribution in [2.24, 2.45) is 5.92 Å². The highest BCUT2D eigenvalue weighted by atomic mass is 35.5. The molecule has 2 aliphatic rings. The van der Waals surface area contributed by atoms with E-state index in [4.69, 9.17) is 21.3 Å². The second-order valence-electron chi connectivity index (χ2n) is 9.10. The topological polar surface area (TPSA) is 59.4 Å². The Kier molecular flexibility index (Phi) is 6.01. The second-order valence-corrected chi connectivity index (χ2v) is 9.51. The summed E-state index contributed by atoms with van der Waals surface area (Å²) in [7, 11) is 0. The zero-order valence-corrected chi connectivity index (χ0v) is 19.7. The Morgan fingerprint density at radius 1 is 1.15 bits per heavy atom. The maximum Gasteiger partial charge on any atom is 0.223 e. The van der Waals surface area contributed by atoms with E-state index >= 15 is 0 Å². The van der Waals surface area contributed by atoms with Gasteiger partial charge in [0.05, 0.1) is 34.4 Å². The lowest BCUT2D eigenvalue weighted by Crippen LogP contribution is -2.44. The Bertz CT molecular complexity index is 1200. The van der Waals surface area contributed by atoms with Crippen molar-refractivity contribution in [3.8, 4) is 5.69 Å². The molecule has 1 aromatic heterocycles. The largest absolute Gasteiger partial charge is 0.379 e. The molecular formula is C25H28ClFN4O2. The summed E-state index contributed by atoms with van der Waals surface area (Å²) in [6, 6.07) is 9.14. The molecule has 8 heteroatoms. The lowest BCUT2D eigenvalue weighted by Gasteiger charge is -2.32. The summed E-state index contributed by atoms with van der Waals surface area (Å²) in [5, 5.41) is 3.22. The number of nitrogens with one attached hydrogen (secondary N) is 1. The highest BCUT2D eigenvalue weighted by molar-refractivity contribution is 6.30. The molecule has 1 amide bonds. The van der Waals surface area contributed by atoms with Gasteiger partial charge in [0.2, 0.25) is 11.9 Å². The maximum atomic E-state index is 14.4. The summed E-state index contributed by atoms with van der Waals surface area (Å²) in [6.07, 6.45) is 2.37. The van der Waals surface area contributed by atoms with Crippen molar-refractivity contribution in [1.82, 2.24) is 14.9 Å². The van der Waals surface area contributed by atoms with E-state index in [1.165, 1.54) is 6.07 Å². The zero-order chi connectivity index (χ0) is 23.1. The third kappa shape index (κ3) is 4.32. The van der Waals surface area contributed by atoms with Gasteiger partial charge in [-0.3, -0.25) is 9.36 Å². The molecule has 2 fully saturated rings. The van der Waals surface area contributed by atoms with Gasteiger partial charge in [-0.25, -0.2) is 9.37 Å². The number of aryl methyl sites for hydroxylation is 2. The minimum atomic E-state index is -0.461. The molecule has 5 rings (SSSR count). The van der Waals surface area contributed by atoms with Gasteiger partial charge in [0.15, 0.2) is 0 Å². The number of nitrogens with zero attached hydrogens (tertiary/aromatic N) is 3. The molecule has 3 heterocycles. The van der Waals surface area contributed by atoms with Gasteiger partial charge in [-0.1, -0.05) is 11.6 Å². The van der Waals surface area contributed by atoms with Crippen molar-refractivity contribution < 1.29 is 13.9 Å². The van der Waals surface area contributed by atoms with Crippen LogP contribution in [0.4, 0.5) is 10.3 Å². The van der Waals surface area contributed by atoms with Crippen molar-refractivity contribution in [2.75, 3.05) is 31.2 Å². The number of imidazole rings is 1. The number of halogens is 2. The van der Waals surface area contributed by atoms with Crippen molar-refractivity contribution in [3.63, 3.8) is 0 Å². The van der Waals surface area contributed by atoms with E-state index in [-0.39, 0.29) is 22.9 Å². The third-order valence-corrected chi connectivity index (χ3v) is 7.14. The summed E-state index contributed by atoms with van der Waals surface area (Å²) in [5.41, 5.74) is 4.78. The number of hydrogen-bond acceptors (Lipinski definition) is 4. The Balaban J connectivity index is 1.44. The molecule has 0 bridgehead atoms. The van der Waals surface area contributed by atoms with Crippen LogP contribution in [0.15, 0.2) is 30.3 Å². The summed E-state index contributed by atoms with van der Waals surface area (Å²) < 4.78 is 21.7. The van der Waals surface area contributed by atoms with Gasteiger partial charge in [-0.2, -0.15) is 0 Å². The lowest BCUT2D eigenvalue weighted by atomic mass is 9.95. The van der Waals surface area contributed by atoms with E-state index in [1.807, 2.05) is 10.6 Å². The molecule has 1 atom stereocenters. The lowest BCUT2D eigenvalue weighted by molar-refractivity contribution is -0.126. The number of ether oxygens (including phenoxy) is 1. The highest BCUT2D eigenvalue weighted by Gasteiger charge is 2.30. The van der Waals surface area contributed by atoms with Crippen molar-refractivity contribution >= 4 is 34.5 Å². The Hall–Kier alpha value is -2.64. The van der Waals surface area contributed by atoms with E-state index in [0.717, 1.165) is 47.4 Å². The number of rotatable bonds is 4. The monoisotopic (exact) mass is 470 g/mol. The van der Waals surface area contributed by atoms with Crippen LogP contribution in [-0.4, -0.2) is 47.8 Å². The van der Waals surface area contributed by atoms with E-state index < -0.39 is 5.82 Å². The average Bonchev–Trinajstić information content (AvgIpc) is 3.44. The number of fused-ring (bicyclic) bond motifs is 1. The van der Waals surface area contributed by atoms with Gasteiger partial charge < -0.3 is 15.0 Å². The Labute approximate surface area is 197 Å². The predicted molar refractivity (Wildman–Crippen MR) is 128 cm³/mol. The maximum absolute atomic E-state index is 14.4. The first-order valence-electron chi connectivity index (χ1n) is 11.5. The SMILES string of the molecule is Cc1cc2nc(N3CCC(C(=O)NC4CCOC4)CC3)n(-c3ccc(Cl)c(F)c3)c2cc1C. The van der Waals surface area contributed by atoms with Crippen LogP contribution in [0.25, 0.3) is 16.7 Å². The molecule has 0 aliphatic carbocycles. The van der Waals surface area contributed by atoms with Crippen molar-refractivity contribution in [3.05, 3.63) is 52.3 Å². The van der Waals surface area contributed by atoms with Gasteiger partial charge in [0, 0.05) is 25.6 Å². The molecular weight excluding hydrogens is 443 g/mol. The van der Waals surface area contributed by atoms with Crippen molar-refractivity contribution in [2.45, 2.75) is 39.2 Å². The van der Waals surface area contributed by atoms with Crippen LogP contribution in [0.1, 0.15) is 30.4 Å². The van der Waals surface area contributed by atoms with Gasteiger partial charge in [0.1, 0.15) is 5.82 Å². The smallest absolute Gasteiger partial charge is 0.223 e. The fraction of sp³-hybridized carbons (Fsp3) is 0.440. The second kappa shape index (κ2) is 8.95. The first-order chi connectivity index (χ1) is 15.9. The molecule has 6 nitrogen and oxygen atoms in total. The normalized spacial score (nSPS) is 19.4. The zero-order valence-electron chi connectivity index (χ0n) is 18.9. The molecule has 2 aromatic carbocycles. The molecule has 174 valence electrons. The number of amides is 1. The molecule has 0 saturated carbocycles. The summed E-state index contributed by atoms with van der Waals surface area (Å²) >= 11 is 5.95. The molecule has 2 saturated heterocycles. The Morgan fingerprint density at radius 2 is 1.91 bits per heavy atom.